The van der Waals surface area contributed by atoms with Gasteiger partial charge in [0, 0.05) is 5.39 Å². The van der Waals surface area contributed by atoms with Crippen LogP contribution in [0.4, 0.5) is 0 Å². The highest BCUT2D eigenvalue weighted by atomic mass is 16.3. The zero-order valence-electron chi connectivity index (χ0n) is 7.95. The lowest BCUT2D eigenvalue weighted by molar-refractivity contribution is 0.535. The molecular formula is C12H11NO. The number of furan rings is 1. The standard InChI is InChI=1S/C12H11NO/c1-3-10(13)12-7-9-6-8(2)4-5-11(9)14-12/h1,4-7,10H,13H2,2H3. The molecule has 2 heteroatoms. The molecule has 1 aromatic heterocycles. The van der Waals surface area contributed by atoms with Crippen LogP contribution in [-0.4, -0.2) is 0 Å². The normalized spacial score (nSPS) is 12.6. The highest BCUT2D eigenvalue weighted by Gasteiger charge is 2.08. The summed E-state index contributed by atoms with van der Waals surface area (Å²) < 4.78 is 5.51. The van der Waals surface area contributed by atoms with E-state index in [1.54, 1.807) is 0 Å². The van der Waals surface area contributed by atoms with Crippen molar-refractivity contribution >= 4 is 11.0 Å². The van der Waals surface area contributed by atoms with Crippen molar-refractivity contribution in [3.63, 3.8) is 0 Å². The molecule has 1 atom stereocenters. The Morgan fingerprint density at radius 1 is 1.43 bits per heavy atom. The molecule has 0 aliphatic heterocycles. The summed E-state index contributed by atoms with van der Waals surface area (Å²) in [6.07, 6.45) is 5.22. The topological polar surface area (TPSA) is 39.2 Å². The van der Waals surface area contributed by atoms with E-state index in [9.17, 15) is 0 Å². The van der Waals surface area contributed by atoms with Crippen LogP contribution in [0.1, 0.15) is 17.4 Å². The number of nitrogens with two attached hydrogens (primary N) is 1. The molecule has 14 heavy (non-hydrogen) atoms. The van der Waals surface area contributed by atoms with Crippen molar-refractivity contribution in [1.29, 1.82) is 0 Å². The van der Waals surface area contributed by atoms with Gasteiger partial charge in [-0.3, -0.25) is 0 Å². The molecule has 2 rings (SSSR count). The van der Waals surface area contributed by atoms with Crippen LogP contribution in [0.3, 0.4) is 0 Å². The molecule has 0 fully saturated rings. The quantitative estimate of drug-likeness (QED) is 0.693. The summed E-state index contributed by atoms with van der Waals surface area (Å²) in [6, 6.07) is 7.41. The first-order valence-corrected chi connectivity index (χ1v) is 4.42. The molecule has 2 aromatic rings. The third-order valence-electron chi connectivity index (χ3n) is 2.18. The summed E-state index contributed by atoms with van der Waals surface area (Å²) >= 11 is 0. The van der Waals surface area contributed by atoms with Gasteiger partial charge in [-0.25, -0.2) is 0 Å². The summed E-state index contributed by atoms with van der Waals surface area (Å²) in [5, 5.41) is 1.05. The predicted octanol–water partition coefficient (Wildman–Crippen LogP) is 2.37. The van der Waals surface area contributed by atoms with Crippen LogP contribution in [-0.2, 0) is 0 Å². The monoisotopic (exact) mass is 185 g/mol. The van der Waals surface area contributed by atoms with Gasteiger partial charge < -0.3 is 10.2 Å². The zero-order chi connectivity index (χ0) is 10.1. The number of aryl methyl sites for hydroxylation is 1. The van der Waals surface area contributed by atoms with E-state index in [1.807, 2.05) is 31.2 Å². The number of terminal acetylenes is 1. The van der Waals surface area contributed by atoms with Gasteiger partial charge in [0.25, 0.3) is 0 Å². The Balaban J connectivity index is 2.58. The second kappa shape index (κ2) is 3.21. The van der Waals surface area contributed by atoms with Crippen molar-refractivity contribution in [2.45, 2.75) is 13.0 Å². The molecule has 0 amide bonds. The van der Waals surface area contributed by atoms with Gasteiger partial charge in [-0.2, -0.15) is 0 Å². The summed E-state index contributed by atoms with van der Waals surface area (Å²) in [5.41, 5.74) is 7.69. The second-order valence-electron chi connectivity index (χ2n) is 3.33. The van der Waals surface area contributed by atoms with Crippen molar-refractivity contribution in [3.8, 4) is 12.3 Å². The van der Waals surface area contributed by atoms with Gasteiger partial charge in [-0.15, -0.1) is 6.42 Å². The fourth-order valence-corrected chi connectivity index (χ4v) is 1.42. The van der Waals surface area contributed by atoms with Crippen LogP contribution in [0.2, 0.25) is 0 Å². The Hall–Kier alpha value is -1.72. The first kappa shape index (κ1) is 8.86. The van der Waals surface area contributed by atoms with Gasteiger partial charge in [-0.1, -0.05) is 17.6 Å². The van der Waals surface area contributed by atoms with Crippen LogP contribution in [0.25, 0.3) is 11.0 Å². The molecule has 70 valence electrons. The van der Waals surface area contributed by atoms with Crippen LogP contribution in [0.15, 0.2) is 28.7 Å². The Morgan fingerprint density at radius 3 is 2.93 bits per heavy atom. The van der Waals surface area contributed by atoms with Crippen LogP contribution in [0.5, 0.6) is 0 Å². The molecule has 0 aliphatic carbocycles. The number of hydrogen-bond donors (Lipinski definition) is 1. The number of fused-ring (bicyclic) bond motifs is 1. The fourth-order valence-electron chi connectivity index (χ4n) is 1.42. The first-order chi connectivity index (χ1) is 6.70. The van der Waals surface area contributed by atoms with Gasteiger partial charge >= 0.3 is 0 Å². The van der Waals surface area contributed by atoms with Crippen molar-refractivity contribution in [2.75, 3.05) is 0 Å². The Labute approximate surface area is 82.7 Å². The minimum atomic E-state index is -0.456. The Bertz CT molecular complexity index is 505. The van der Waals surface area contributed by atoms with E-state index in [0.717, 1.165) is 11.0 Å². The predicted molar refractivity (Wildman–Crippen MR) is 56.7 cm³/mol. The molecule has 1 unspecified atom stereocenters. The van der Waals surface area contributed by atoms with E-state index in [-0.39, 0.29) is 0 Å². The minimum absolute atomic E-state index is 0.456. The van der Waals surface area contributed by atoms with E-state index < -0.39 is 6.04 Å². The van der Waals surface area contributed by atoms with Gasteiger partial charge in [0.05, 0.1) is 0 Å². The van der Waals surface area contributed by atoms with E-state index in [2.05, 4.69) is 5.92 Å². The molecule has 1 heterocycles. The molecule has 0 aliphatic rings. The minimum Gasteiger partial charge on any atom is -0.458 e. The summed E-state index contributed by atoms with van der Waals surface area (Å²) in [7, 11) is 0. The molecule has 0 radical (unpaired) electrons. The van der Waals surface area contributed by atoms with Gasteiger partial charge in [0.2, 0.25) is 0 Å². The van der Waals surface area contributed by atoms with Crippen molar-refractivity contribution < 1.29 is 4.42 Å². The highest BCUT2D eigenvalue weighted by molar-refractivity contribution is 5.78. The fraction of sp³-hybridized carbons (Fsp3) is 0.167. The zero-order valence-corrected chi connectivity index (χ0v) is 7.95. The van der Waals surface area contributed by atoms with Crippen LogP contribution < -0.4 is 5.73 Å². The smallest absolute Gasteiger partial charge is 0.134 e. The summed E-state index contributed by atoms with van der Waals surface area (Å²) in [5.74, 6) is 3.09. The highest BCUT2D eigenvalue weighted by Crippen LogP contribution is 2.23. The van der Waals surface area contributed by atoms with Gasteiger partial charge in [0.15, 0.2) is 0 Å². The first-order valence-electron chi connectivity index (χ1n) is 4.42. The van der Waals surface area contributed by atoms with E-state index in [4.69, 9.17) is 16.6 Å². The molecule has 1 aromatic carbocycles. The molecule has 2 N–H and O–H groups in total. The van der Waals surface area contributed by atoms with Gasteiger partial charge in [0.1, 0.15) is 17.4 Å². The second-order valence-corrected chi connectivity index (χ2v) is 3.33. The third-order valence-corrected chi connectivity index (χ3v) is 2.18. The maximum atomic E-state index is 5.67. The summed E-state index contributed by atoms with van der Waals surface area (Å²) in [4.78, 5) is 0. The van der Waals surface area contributed by atoms with E-state index in [1.165, 1.54) is 5.56 Å². The van der Waals surface area contributed by atoms with E-state index in [0.29, 0.717) is 5.76 Å². The van der Waals surface area contributed by atoms with Crippen molar-refractivity contribution in [2.24, 2.45) is 5.73 Å². The van der Waals surface area contributed by atoms with Gasteiger partial charge in [-0.05, 0) is 25.1 Å². The SMILES string of the molecule is C#CC(N)c1cc2cc(C)ccc2o1. The number of hydrogen-bond acceptors (Lipinski definition) is 2. The van der Waals surface area contributed by atoms with Crippen LogP contribution >= 0.6 is 0 Å². The Kier molecular flexibility index (Phi) is 2.03. The molecule has 0 saturated carbocycles. The average molecular weight is 185 g/mol. The largest absolute Gasteiger partial charge is 0.458 e. The lowest BCUT2D eigenvalue weighted by Gasteiger charge is -1.95. The molecule has 0 spiro atoms. The molecule has 0 saturated heterocycles. The lowest BCUT2D eigenvalue weighted by atomic mass is 10.1. The van der Waals surface area contributed by atoms with Crippen molar-refractivity contribution in [1.82, 2.24) is 0 Å². The van der Waals surface area contributed by atoms with Crippen molar-refractivity contribution in [3.05, 3.63) is 35.6 Å². The molecule has 0 bridgehead atoms. The summed E-state index contributed by atoms with van der Waals surface area (Å²) in [6.45, 7) is 2.03. The molecule has 2 nitrogen and oxygen atoms in total. The third kappa shape index (κ3) is 1.39. The number of rotatable bonds is 1. The lowest BCUT2D eigenvalue weighted by Crippen LogP contribution is -2.05. The maximum absolute atomic E-state index is 5.67. The van der Waals surface area contributed by atoms with E-state index >= 15 is 0 Å². The van der Waals surface area contributed by atoms with Crippen LogP contribution in [0, 0.1) is 19.3 Å². The average Bonchev–Trinajstić information content (AvgIpc) is 2.59. The molecular weight excluding hydrogens is 174 g/mol. The maximum Gasteiger partial charge on any atom is 0.134 e. The Morgan fingerprint density at radius 2 is 2.21 bits per heavy atom. The number of benzene rings is 1.